The first-order chi connectivity index (χ1) is 11.5. The van der Waals surface area contributed by atoms with Crippen LogP contribution in [0.1, 0.15) is 25.0 Å². The van der Waals surface area contributed by atoms with Gasteiger partial charge in [0.1, 0.15) is 25.0 Å². The molecule has 132 valence electrons. The van der Waals surface area contributed by atoms with Crippen LogP contribution in [0.3, 0.4) is 0 Å². The Morgan fingerprint density at radius 1 is 1.17 bits per heavy atom. The molecule has 1 aromatic rings. The fourth-order valence-electron chi connectivity index (χ4n) is 1.90. The summed E-state index contributed by atoms with van der Waals surface area (Å²) in [6.07, 6.45) is 1.76. The van der Waals surface area contributed by atoms with Crippen molar-refractivity contribution in [1.29, 1.82) is 0 Å². The summed E-state index contributed by atoms with van der Waals surface area (Å²) in [6, 6.07) is 7.13. The molecule has 0 bridgehead atoms. The number of nitrogens with two attached hydrogens (primary N) is 1. The second-order valence-electron chi connectivity index (χ2n) is 5.61. The van der Waals surface area contributed by atoms with Gasteiger partial charge in [0.25, 0.3) is 0 Å². The predicted molar refractivity (Wildman–Crippen MR) is 96.1 cm³/mol. The molecule has 0 aliphatic heterocycles. The Labute approximate surface area is 144 Å². The van der Waals surface area contributed by atoms with Gasteiger partial charge in [-0.05, 0) is 11.5 Å². The summed E-state index contributed by atoms with van der Waals surface area (Å²) in [4.78, 5) is 11.5. The van der Waals surface area contributed by atoms with Gasteiger partial charge < -0.3 is 19.9 Å². The first-order valence-corrected chi connectivity index (χ1v) is 8.00. The lowest BCUT2D eigenvalue weighted by atomic mass is 10.1. The molecule has 0 spiro atoms. The average Bonchev–Trinajstić information content (AvgIpc) is 2.59. The Balaban J connectivity index is 2.17. The van der Waals surface area contributed by atoms with Gasteiger partial charge in [-0.25, -0.2) is 0 Å². The maximum Gasteiger partial charge on any atom is 0.323 e. The average molecular weight is 333 g/mol. The molecule has 0 saturated carbocycles. The highest BCUT2D eigenvalue weighted by Crippen LogP contribution is 2.19. The van der Waals surface area contributed by atoms with E-state index in [2.05, 4.69) is 13.2 Å². The standard InChI is InChI=1S/C19H27NO4/c1-5-16-8-6-7-9-17(16)15(4)23-12-10-22-11-13-24-19(21)18(20)14(2)3/h5-9,14,18H,1,4,10-13,20H2,2-3H3. The molecule has 5 heteroatoms. The number of carbonyl (C=O) groups is 1. The van der Waals surface area contributed by atoms with Gasteiger partial charge in [0.15, 0.2) is 0 Å². The quantitative estimate of drug-likeness (QED) is 0.383. The summed E-state index contributed by atoms with van der Waals surface area (Å²) in [5.74, 6) is 0.221. The SMILES string of the molecule is C=Cc1ccccc1C(=C)OCCOCCOC(=O)C(N)C(C)C. The molecular formula is C19H27NO4. The third-order valence-electron chi connectivity index (χ3n) is 3.45. The molecule has 0 aliphatic rings. The minimum atomic E-state index is -0.596. The van der Waals surface area contributed by atoms with Gasteiger partial charge in [0.05, 0.1) is 13.2 Å². The molecule has 0 amide bonds. The van der Waals surface area contributed by atoms with Crippen molar-refractivity contribution in [3.63, 3.8) is 0 Å². The summed E-state index contributed by atoms with van der Waals surface area (Å²) in [5.41, 5.74) is 7.56. The van der Waals surface area contributed by atoms with Crippen molar-refractivity contribution in [3.8, 4) is 0 Å². The van der Waals surface area contributed by atoms with Crippen LogP contribution in [0.25, 0.3) is 11.8 Å². The topological polar surface area (TPSA) is 70.8 Å². The summed E-state index contributed by atoms with van der Waals surface area (Å²) in [7, 11) is 0. The Morgan fingerprint density at radius 2 is 1.79 bits per heavy atom. The second kappa shape index (κ2) is 10.6. The molecule has 24 heavy (non-hydrogen) atoms. The number of benzene rings is 1. The van der Waals surface area contributed by atoms with E-state index in [4.69, 9.17) is 19.9 Å². The molecule has 1 unspecified atom stereocenters. The van der Waals surface area contributed by atoms with Crippen LogP contribution in [0.5, 0.6) is 0 Å². The highest BCUT2D eigenvalue weighted by molar-refractivity contribution is 5.75. The highest BCUT2D eigenvalue weighted by Gasteiger charge is 2.18. The van der Waals surface area contributed by atoms with Crippen LogP contribution in [0.4, 0.5) is 0 Å². The van der Waals surface area contributed by atoms with Crippen molar-refractivity contribution in [2.75, 3.05) is 26.4 Å². The largest absolute Gasteiger partial charge is 0.491 e. The molecule has 0 aromatic heterocycles. The normalized spacial score (nSPS) is 11.8. The number of ether oxygens (including phenoxy) is 3. The fourth-order valence-corrected chi connectivity index (χ4v) is 1.90. The van der Waals surface area contributed by atoms with E-state index in [1.54, 1.807) is 6.08 Å². The summed E-state index contributed by atoms with van der Waals surface area (Å²) < 4.78 is 16.0. The molecular weight excluding hydrogens is 306 g/mol. The first-order valence-electron chi connectivity index (χ1n) is 8.00. The summed E-state index contributed by atoms with van der Waals surface area (Å²) in [5, 5.41) is 0. The van der Waals surface area contributed by atoms with Gasteiger partial charge >= 0.3 is 5.97 Å². The molecule has 5 nitrogen and oxygen atoms in total. The molecule has 0 saturated heterocycles. The van der Waals surface area contributed by atoms with Gasteiger partial charge in [-0.15, -0.1) is 0 Å². The van der Waals surface area contributed by atoms with E-state index >= 15 is 0 Å². The Bertz CT molecular complexity index is 554. The van der Waals surface area contributed by atoms with E-state index in [1.165, 1.54) is 0 Å². The van der Waals surface area contributed by atoms with Gasteiger partial charge in [-0.2, -0.15) is 0 Å². The van der Waals surface area contributed by atoms with Gasteiger partial charge in [0, 0.05) is 5.56 Å². The molecule has 0 heterocycles. The van der Waals surface area contributed by atoms with Crippen LogP contribution in [-0.2, 0) is 19.0 Å². The lowest BCUT2D eigenvalue weighted by molar-refractivity contribution is -0.147. The van der Waals surface area contributed by atoms with Crippen molar-refractivity contribution in [2.24, 2.45) is 11.7 Å². The minimum absolute atomic E-state index is 0.0521. The Hall–Kier alpha value is -2.11. The van der Waals surface area contributed by atoms with Crippen molar-refractivity contribution >= 4 is 17.8 Å². The monoisotopic (exact) mass is 333 g/mol. The van der Waals surface area contributed by atoms with Crippen molar-refractivity contribution < 1.29 is 19.0 Å². The molecule has 1 aromatic carbocycles. The third-order valence-corrected chi connectivity index (χ3v) is 3.45. The number of carbonyl (C=O) groups excluding carboxylic acids is 1. The van der Waals surface area contributed by atoms with Crippen molar-refractivity contribution in [3.05, 3.63) is 48.6 Å². The molecule has 0 aliphatic carbocycles. The summed E-state index contributed by atoms with van der Waals surface area (Å²) >= 11 is 0. The third kappa shape index (κ3) is 6.56. The van der Waals surface area contributed by atoms with E-state index in [9.17, 15) is 4.79 Å². The molecule has 1 rings (SSSR count). The Morgan fingerprint density at radius 3 is 2.42 bits per heavy atom. The Kier molecular flexibility index (Phi) is 8.83. The van der Waals surface area contributed by atoms with Crippen molar-refractivity contribution in [2.45, 2.75) is 19.9 Å². The second-order valence-corrected chi connectivity index (χ2v) is 5.61. The predicted octanol–water partition coefficient (Wildman–Crippen LogP) is 2.86. The van der Waals surface area contributed by atoms with Crippen LogP contribution >= 0.6 is 0 Å². The first kappa shape index (κ1) is 19.9. The van der Waals surface area contributed by atoms with E-state index in [1.807, 2.05) is 38.1 Å². The highest BCUT2D eigenvalue weighted by atomic mass is 16.6. The van der Waals surface area contributed by atoms with Gasteiger partial charge in [0.2, 0.25) is 0 Å². The van der Waals surface area contributed by atoms with E-state index in [0.717, 1.165) is 11.1 Å². The van der Waals surface area contributed by atoms with Crippen LogP contribution in [0.2, 0.25) is 0 Å². The van der Waals surface area contributed by atoms with Gasteiger partial charge in [-0.3, -0.25) is 4.79 Å². The van der Waals surface area contributed by atoms with Crippen LogP contribution in [-0.4, -0.2) is 38.4 Å². The van der Waals surface area contributed by atoms with E-state index in [-0.39, 0.29) is 12.5 Å². The van der Waals surface area contributed by atoms with E-state index < -0.39 is 12.0 Å². The number of rotatable bonds is 11. The zero-order valence-corrected chi connectivity index (χ0v) is 14.5. The fraction of sp³-hybridized carbons (Fsp3) is 0.421. The minimum Gasteiger partial charge on any atom is -0.491 e. The number of hydrogen-bond acceptors (Lipinski definition) is 5. The van der Waals surface area contributed by atoms with E-state index in [0.29, 0.717) is 25.6 Å². The maximum atomic E-state index is 11.5. The lowest BCUT2D eigenvalue weighted by Gasteiger charge is -2.14. The van der Waals surface area contributed by atoms with Gasteiger partial charge in [-0.1, -0.05) is 57.3 Å². The van der Waals surface area contributed by atoms with Crippen LogP contribution in [0, 0.1) is 5.92 Å². The smallest absolute Gasteiger partial charge is 0.323 e. The zero-order valence-electron chi connectivity index (χ0n) is 14.5. The molecule has 0 fully saturated rings. The van der Waals surface area contributed by atoms with Crippen LogP contribution < -0.4 is 5.73 Å². The maximum absolute atomic E-state index is 11.5. The number of esters is 1. The van der Waals surface area contributed by atoms with Crippen molar-refractivity contribution in [1.82, 2.24) is 0 Å². The molecule has 0 radical (unpaired) electrons. The zero-order chi connectivity index (χ0) is 17.9. The van der Waals surface area contributed by atoms with Crippen LogP contribution in [0.15, 0.2) is 37.4 Å². The lowest BCUT2D eigenvalue weighted by Crippen LogP contribution is -2.37. The molecule has 2 N–H and O–H groups in total. The number of hydrogen-bond donors (Lipinski definition) is 1. The summed E-state index contributed by atoms with van der Waals surface area (Å²) in [6.45, 7) is 12.7. The molecule has 1 atom stereocenters.